The predicted octanol–water partition coefficient (Wildman–Crippen LogP) is 2.54. The van der Waals surface area contributed by atoms with Crippen molar-refractivity contribution in [1.82, 2.24) is 24.3 Å². The molecule has 2 aromatic heterocycles. The van der Waals surface area contributed by atoms with E-state index in [0.717, 1.165) is 23.5 Å². The standard InChI is InChI=1S/C18H27N5/c1-21-11-7-14(8-12-21)13-16-20-15-5-3-9-19-18(15)23(16)17-6-4-10-22(17)2/h3,5,9,14,17H,4,6-8,10-13H2,1-2H3. The summed E-state index contributed by atoms with van der Waals surface area (Å²) < 4.78 is 2.43. The van der Waals surface area contributed by atoms with Gasteiger partial charge in [-0.2, -0.15) is 0 Å². The topological polar surface area (TPSA) is 37.2 Å². The molecule has 2 aliphatic rings. The van der Waals surface area contributed by atoms with Crippen molar-refractivity contribution >= 4 is 11.2 Å². The predicted molar refractivity (Wildman–Crippen MR) is 92.4 cm³/mol. The molecule has 5 heteroatoms. The fraction of sp³-hybridized carbons (Fsp3) is 0.667. The van der Waals surface area contributed by atoms with E-state index in [-0.39, 0.29) is 0 Å². The van der Waals surface area contributed by atoms with Gasteiger partial charge in [-0.15, -0.1) is 0 Å². The number of hydrogen-bond acceptors (Lipinski definition) is 4. The summed E-state index contributed by atoms with van der Waals surface area (Å²) in [6.07, 6.45) is 8.46. The Labute approximate surface area is 138 Å². The average Bonchev–Trinajstić information content (AvgIpc) is 3.12. The summed E-state index contributed by atoms with van der Waals surface area (Å²) in [5.74, 6) is 2.00. The van der Waals surface area contributed by atoms with Crippen LogP contribution in [0.1, 0.15) is 37.7 Å². The number of fused-ring (bicyclic) bond motifs is 1. The van der Waals surface area contributed by atoms with E-state index in [1.807, 2.05) is 12.3 Å². The number of piperidine rings is 1. The summed E-state index contributed by atoms with van der Waals surface area (Å²) in [6.45, 7) is 3.60. The van der Waals surface area contributed by atoms with Crippen LogP contribution in [0.25, 0.3) is 11.2 Å². The molecule has 124 valence electrons. The Morgan fingerprint density at radius 3 is 2.70 bits per heavy atom. The zero-order valence-electron chi connectivity index (χ0n) is 14.3. The van der Waals surface area contributed by atoms with Crippen molar-refractivity contribution < 1.29 is 0 Å². The average molecular weight is 313 g/mol. The Hall–Kier alpha value is -1.46. The van der Waals surface area contributed by atoms with Gasteiger partial charge in [0.1, 0.15) is 11.3 Å². The van der Waals surface area contributed by atoms with Crippen LogP contribution >= 0.6 is 0 Å². The second-order valence-corrected chi connectivity index (χ2v) is 7.30. The highest BCUT2D eigenvalue weighted by molar-refractivity contribution is 5.71. The monoisotopic (exact) mass is 313 g/mol. The maximum absolute atomic E-state index is 4.97. The molecule has 4 rings (SSSR count). The third kappa shape index (κ3) is 2.88. The van der Waals surface area contributed by atoms with Gasteiger partial charge in [0.15, 0.2) is 5.65 Å². The number of pyridine rings is 1. The quantitative estimate of drug-likeness (QED) is 0.873. The van der Waals surface area contributed by atoms with Crippen LogP contribution in [-0.2, 0) is 6.42 Å². The first-order chi connectivity index (χ1) is 11.2. The molecule has 2 saturated heterocycles. The number of rotatable bonds is 3. The molecule has 2 aromatic rings. The van der Waals surface area contributed by atoms with Crippen LogP contribution in [0, 0.1) is 5.92 Å². The molecule has 0 radical (unpaired) electrons. The Morgan fingerprint density at radius 1 is 1.13 bits per heavy atom. The largest absolute Gasteiger partial charge is 0.306 e. The van der Waals surface area contributed by atoms with Gasteiger partial charge in [-0.1, -0.05) is 0 Å². The van der Waals surface area contributed by atoms with Gasteiger partial charge < -0.3 is 4.90 Å². The lowest BCUT2D eigenvalue weighted by Crippen LogP contribution is -2.32. The zero-order chi connectivity index (χ0) is 15.8. The molecule has 2 aliphatic heterocycles. The minimum absolute atomic E-state index is 0.427. The van der Waals surface area contributed by atoms with E-state index in [1.54, 1.807) is 0 Å². The Bertz CT molecular complexity index is 671. The second kappa shape index (κ2) is 6.21. The molecule has 4 heterocycles. The molecule has 2 fully saturated rings. The lowest BCUT2D eigenvalue weighted by atomic mass is 9.93. The normalized spacial score (nSPS) is 24.7. The van der Waals surface area contributed by atoms with Crippen LogP contribution in [0.3, 0.4) is 0 Å². The first kappa shape index (κ1) is 15.1. The maximum Gasteiger partial charge on any atom is 0.161 e. The highest BCUT2D eigenvalue weighted by Gasteiger charge is 2.28. The van der Waals surface area contributed by atoms with Crippen molar-refractivity contribution in [3.05, 3.63) is 24.2 Å². The van der Waals surface area contributed by atoms with E-state index in [4.69, 9.17) is 4.98 Å². The van der Waals surface area contributed by atoms with E-state index in [1.165, 1.54) is 51.1 Å². The summed E-state index contributed by atoms with van der Waals surface area (Å²) >= 11 is 0. The lowest BCUT2D eigenvalue weighted by Gasteiger charge is -2.30. The minimum Gasteiger partial charge on any atom is -0.306 e. The number of imidazole rings is 1. The molecule has 0 aliphatic carbocycles. The molecular formula is C18H27N5. The van der Waals surface area contributed by atoms with Crippen LogP contribution in [0.5, 0.6) is 0 Å². The van der Waals surface area contributed by atoms with Crippen molar-refractivity contribution in [1.29, 1.82) is 0 Å². The highest BCUT2D eigenvalue weighted by Crippen LogP contribution is 2.31. The summed E-state index contributed by atoms with van der Waals surface area (Å²) in [4.78, 5) is 14.5. The van der Waals surface area contributed by atoms with Gasteiger partial charge in [0.25, 0.3) is 0 Å². The molecule has 0 N–H and O–H groups in total. The molecule has 0 spiro atoms. The van der Waals surface area contributed by atoms with Gasteiger partial charge >= 0.3 is 0 Å². The van der Waals surface area contributed by atoms with Gasteiger partial charge in [0, 0.05) is 12.6 Å². The molecule has 5 nitrogen and oxygen atoms in total. The number of likely N-dealkylation sites (tertiary alicyclic amines) is 2. The molecule has 0 saturated carbocycles. The summed E-state index contributed by atoms with van der Waals surface area (Å²) in [5.41, 5.74) is 2.12. The fourth-order valence-corrected chi connectivity index (χ4v) is 4.18. The lowest BCUT2D eigenvalue weighted by molar-refractivity contribution is 0.207. The van der Waals surface area contributed by atoms with Crippen LogP contribution in [0.4, 0.5) is 0 Å². The SMILES string of the molecule is CN1CCC(Cc2nc3cccnc3n2C2CCCN2C)CC1. The van der Waals surface area contributed by atoms with Gasteiger partial charge in [-0.3, -0.25) is 9.47 Å². The van der Waals surface area contributed by atoms with Crippen LogP contribution in [0.15, 0.2) is 18.3 Å². The number of nitrogens with zero attached hydrogens (tertiary/aromatic N) is 5. The molecule has 23 heavy (non-hydrogen) atoms. The summed E-state index contributed by atoms with van der Waals surface area (Å²) in [7, 11) is 4.45. The van der Waals surface area contributed by atoms with Gasteiger partial charge in [-0.05, 0) is 77.5 Å². The van der Waals surface area contributed by atoms with Gasteiger partial charge in [0.05, 0.1) is 6.17 Å². The van der Waals surface area contributed by atoms with E-state index >= 15 is 0 Å². The van der Waals surface area contributed by atoms with Crippen molar-refractivity contribution in [2.75, 3.05) is 33.7 Å². The molecule has 1 atom stereocenters. The zero-order valence-corrected chi connectivity index (χ0v) is 14.3. The first-order valence-electron chi connectivity index (χ1n) is 8.93. The Balaban J connectivity index is 1.67. The van der Waals surface area contributed by atoms with Crippen molar-refractivity contribution in [3.63, 3.8) is 0 Å². The summed E-state index contributed by atoms with van der Waals surface area (Å²) in [5, 5.41) is 0. The van der Waals surface area contributed by atoms with Gasteiger partial charge in [-0.25, -0.2) is 9.97 Å². The molecule has 1 unspecified atom stereocenters. The Kier molecular flexibility index (Phi) is 4.07. The third-order valence-corrected chi connectivity index (χ3v) is 5.61. The fourth-order valence-electron chi connectivity index (χ4n) is 4.18. The van der Waals surface area contributed by atoms with E-state index in [9.17, 15) is 0 Å². The third-order valence-electron chi connectivity index (χ3n) is 5.61. The van der Waals surface area contributed by atoms with Crippen molar-refractivity contribution in [2.24, 2.45) is 5.92 Å². The Morgan fingerprint density at radius 2 is 1.96 bits per heavy atom. The highest BCUT2D eigenvalue weighted by atomic mass is 15.3. The molecule has 0 amide bonds. The van der Waals surface area contributed by atoms with E-state index in [0.29, 0.717) is 6.17 Å². The van der Waals surface area contributed by atoms with Gasteiger partial charge in [0.2, 0.25) is 0 Å². The first-order valence-corrected chi connectivity index (χ1v) is 8.93. The maximum atomic E-state index is 4.97. The van der Waals surface area contributed by atoms with Crippen LogP contribution in [0.2, 0.25) is 0 Å². The van der Waals surface area contributed by atoms with Crippen LogP contribution < -0.4 is 0 Å². The molecule has 0 bridgehead atoms. The number of hydrogen-bond donors (Lipinski definition) is 0. The van der Waals surface area contributed by atoms with E-state index in [2.05, 4.69) is 39.5 Å². The molecular weight excluding hydrogens is 286 g/mol. The smallest absolute Gasteiger partial charge is 0.161 e. The number of aromatic nitrogens is 3. The molecule has 0 aromatic carbocycles. The minimum atomic E-state index is 0.427. The summed E-state index contributed by atoms with van der Waals surface area (Å²) in [6, 6.07) is 4.10. The second-order valence-electron chi connectivity index (χ2n) is 7.30. The van der Waals surface area contributed by atoms with Crippen molar-refractivity contribution in [2.45, 2.75) is 38.3 Å². The van der Waals surface area contributed by atoms with Crippen molar-refractivity contribution in [3.8, 4) is 0 Å². The van der Waals surface area contributed by atoms with Crippen LogP contribution in [-0.4, -0.2) is 58.1 Å². The van der Waals surface area contributed by atoms with E-state index < -0.39 is 0 Å².